The van der Waals surface area contributed by atoms with Crippen LogP contribution in [0, 0.1) is 0 Å². The van der Waals surface area contributed by atoms with Crippen LogP contribution in [-0.4, -0.2) is 9.96 Å². The van der Waals surface area contributed by atoms with Crippen molar-refractivity contribution in [3.8, 4) is 0 Å². The van der Waals surface area contributed by atoms with Gasteiger partial charge in [-0.25, -0.2) is 0 Å². The van der Waals surface area contributed by atoms with Gasteiger partial charge in [0.25, 0.3) is 0 Å². The molecule has 1 aromatic rings. The van der Waals surface area contributed by atoms with Gasteiger partial charge in [-0.05, 0) is 12.0 Å². The first-order valence-corrected chi connectivity index (χ1v) is 5.18. The van der Waals surface area contributed by atoms with Crippen LogP contribution in [0.5, 0.6) is 0 Å². The molecule has 1 fully saturated rings. The summed E-state index contributed by atoms with van der Waals surface area (Å²) in [6, 6.07) is 10.1. The van der Waals surface area contributed by atoms with Gasteiger partial charge in [0.2, 0.25) is 0 Å². The summed E-state index contributed by atoms with van der Waals surface area (Å²) in [6.45, 7) is 0. The van der Waals surface area contributed by atoms with Crippen molar-refractivity contribution >= 4 is 10.8 Å². The Hall–Kier alpha value is -0.630. The molecule has 1 heterocycles. The normalized spacial score (nSPS) is 29.5. The maximum atomic E-state index is 11.1. The van der Waals surface area contributed by atoms with Crippen LogP contribution in [0.3, 0.4) is 0 Å². The molecule has 0 radical (unpaired) electrons. The summed E-state index contributed by atoms with van der Waals surface area (Å²) in [4.78, 5) is 0. The van der Waals surface area contributed by atoms with Gasteiger partial charge < -0.3 is 0 Å². The molecule has 1 saturated heterocycles. The van der Waals surface area contributed by atoms with E-state index >= 15 is 0 Å². The maximum Gasteiger partial charge on any atom is 0.0605 e. The van der Waals surface area contributed by atoms with Crippen molar-refractivity contribution in [2.24, 2.45) is 0 Å². The van der Waals surface area contributed by atoms with Gasteiger partial charge in [-0.15, -0.1) is 0 Å². The summed E-state index contributed by atoms with van der Waals surface area (Å²) >= 11 is 0. The predicted molar refractivity (Wildman–Crippen MR) is 46.8 cm³/mol. The molecule has 2 heteroatoms. The van der Waals surface area contributed by atoms with Gasteiger partial charge in [0.15, 0.2) is 0 Å². The first-order valence-electron chi connectivity index (χ1n) is 3.80. The molecule has 2 atom stereocenters. The third-order valence-electron chi connectivity index (χ3n) is 2.07. The predicted octanol–water partition coefficient (Wildman–Crippen LogP) is 1.88. The Balaban J connectivity index is 2.23. The van der Waals surface area contributed by atoms with Gasteiger partial charge in [0.1, 0.15) is 0 Å². The standard InChI is InChI=1S/C9H10OS/c10-11-7-6-9(11)8-4-2-1-3-5-8/h1-5,9H,6-7H2. The van der Waals surface area contributed by atoms with Crippen LogP contribution in [-0.2, 0) is 10.8 Å². The molecule has 0 aromatic heterocycles. The third kappa shape index (κ3) is 1.23. The van der Waals surface area contributed by atoms with Crippen LogP contribution in [0.25, 0.3) is 0 Å². The molecule has 0 bridgehead atoms. The number of hydrogen-bond acceptors (Lipinski definition) is 1. The van der Waals surface area contributed by atoms with E-state index < -0.39 is 10.8 Å². The van der Waals surface area contributed by atoms with Crippen LogP contribution in [0.15, 0.2) is 30.3 Å². The summed E-state index contributed by atoms with van der Waals surface area (Å²) in [5, 5.41) is 0.330. The number of benzene rings is 1. The lowest BCUT2D eigenvalue weighted by atomic mass is 10.1. The Labute approximate surface area is 68.9 Å². The summed E-state index contributed by atoms with van der Waals surface area (Å²) < 4.78 is 11.1. The summed E-state index contributed by atoms with van der Waals surface area (Å²) in [6.07, 6.45) is 1.09. The van der Waals surface area contributed by atoms with Crippen LogP contribution < -0.4 is 0 Å². The second-order valence-electron chi connectivity index (χ2n) is 2.77. The van der Waals surface area contributed by atoms with Crippen molar-refractivity contribution in [3.05, 3.63) is 35.9 Å². The van der Waals surface area contributed by atoms with E-state index in [1.807, 2.05) is 18.2 Å². The van der Waals surface area contributed by atoms with Crippen molar-refractivity contribution in [2.75, 3.05) is 5.75 Å². The highest BCUT2D eigenvalue weighted by Crippen LogP contribution is 2.32. The van der Waals surface area contributed by atoms with Crippen molar-refractivity contribution in [1.82, 2.24) is 0 Å². The van der Waals surface area contributed by atoms with E-state index in [4.69, 9.17) is 0 Å². The molecule has 0 saturated carbocycles. The summed E-state index contributed by atoms with van der Waals surface area (Å²) in [5.74, 6) is 0.888. The van der Waals surface area contributed by atoms with Gasteiger partial charge in [0, 0.05) is 16.6 Å². The maximum absolute atomic E-state index is 11.1. The van der Waals surface area contributed by atoms with Gasteiger partial charge in [0.05, 0.1) is 5.25 Å². The van der Waals surface area contributed by atoms with E-state index in [1.165, 1.54) is 5.56 Å². The van der Waals surface area contributed by atoms with E-state index in [-0.39, 0.29) is 0 Å². The van der Waals surface area contributed by atoms with Crippen LogP contribution in [0.1, 0.15) is 17.2 Å². The number of hydrogen-bond donors (Lipinski definition) is 0. The minimum atomic E-state index is -0.581. The highest BCUT2D eigenvalue weighted by Gasteiger charge is 2.27. The number of rotatable bonds is 1. The molecule has 0 spiro atoms. The van der Waals surface area contributed by atoms with Crippen molar-refractivity contribution in [3.63, 3.8) is 0 Å². The lowest BCUT2D eigenvalue weighted by molar-refractivity contribution is 0.646. The summed E-state index contributed by atoms with van der Waals surface area (Å²) in [7, 11) is -0.581. The molecular weight excluding hydrogens is 156 g/mol. The lowest BCUT2D eigenvalue weighted by Gasteiger charge is -2.24. The molecular formula is C9H10OS. The molecule has 1 nitrogen and oxygen atoms in total. The van der Waals surface area contributed by atoms with Crippen LogP contribution in [0.2, 0.25) is 0 Å². The third-order valence-corrected chi connectivity index (χ3v) is 3.85. The van der Waals surface area contributed by atoms with Gasteiger partial charge >= 0.3 is 0 Å². The van der Waals surface area contributed by atoms with E-state index in [0.29, 0.717) is 5.25 Å². The molecule has 1 aromatic carbocycles. The van der Waals surface area contributed by atoms with Crippen molar-refractivity contribution in [1.29, 1.82) is 0 Å². The first kappa shape index (κ1) is 7.04. The highest BCUT2D eigenvalue weighted by atomic mass is 32.2. The molecule has 1 aliphatic heterocycles. The molecule has 0 N–H and O–H groups in total. The second-order valence-corrected chi connectivity index (χ2v) is 4.51. The van der Waals surface area contributed by atoms with Gasteiger partial charge in [-0.1, -0.05) is 30.3 Å². The second kappa shape index (κ2) is 2.78. The quantitative estimate of drug-likeness (QED) is 0.622. The molecule has 11 heavy (non-hydrogen) atoms. The molecule has 2 rings (SSSR count). The van der Waals surface area contributed by atoms with E-state index in [2.05, 4.69) is 12.1 Å². The Morgan fingerprint density at radius 1 is 1.27 bits per heavy atom. The zero-order chi connectivity index (χ0) is 7.68. The summed E-state index contributed by atoms with van der Waals surface area (Å²) in [5.41, 5.74) is 1.23. The molecule has 1 aliphatic rings. The van der Waals surface area contributed by atoms with Gasteiger partial charge in [-0.2, -0.15) is 0 Å². The largest absolute Gasteiger partial charge is 0.259 e. The van der Waals surface area contributed by atoms with E-state index in [0.717, 1.165) is 12.2 Å². The Morgan fingerprint density at radius 3 is 2.45 bits per heavy atom. The fourth-order valence-corrected chi connectivity index (χ4v) is 2.44. The Morgan fingerprint density at radius 2 is 2.00 bits per heavy atom. The van der Waals surface area contributed by atoms with Crippen molar-refractivity contribution in [2.45, 2.75) is 11.7 Å². The fraction of sp³-hybridized carbons (Fsp3) is 0.333. The van der Waals surface area contributed by atoms with E-state index in [1.54, 1.807) is 0 Å². The first-order chi connectivity index (χ1) is 5.38. The molecule has 0 amide bonds. The molecule has 2 unspecified atom stereocenters. The van der Waals surface area contributed by atoms with Crippen LogP contribution >= 0.6 is 0 Å². The lowest BCUT2D eigenvalue weighted by Crippen LogP contribution is -2.22. The Bertz CT molecular complexity index is 268. The zero-order valence-electron chi connectivity index (χ0n) is 6.19. The minimum Gasteiger partial charge on any atom is -0.259 e. The van der Waals surface area contributed by atoms with E-state index in [9.17, 15) is 4.21 Å². The highest BCUT2D eigenvalue weighted by molar-refractivity contribution is 7.86. The SMILES string of the molecule is O=S1CCC1c1ccccc1. The van der Waals surface area contributed by atoms with Crippen molar-refractivity contribution < 1.29 is 4.21 Å². The average molecular weight is 166 g/mol. The average Bonchev–Trinajstić information content (AvgIpc) is 2.04. The smallest absolute Gasteiger partial charge is 0.0605 e. The Kier molecular flexibility index (Phi) is 1.78. The topological polar surface area (TPSA) is 17.1 Å². The fourth-order valence-electron chi connectivity index (χ4n) is 1.32. The van der Waals surface area contributed by atoms with Crippen LogP contribution in [0.4, 0.5) is 0 Å². The van der Waals surface area contributed by atoms with Gasteiger partial charge in [-0.3, -0.25) is 4.21 Å². The molecule has 0 aliphatic carbocycles. The monoisotopic (exact) mass is 166 g/mol. The zero-order valence-corrected chi connectivity index (χ0v) is 7.01. The molecule has 58 valence electrons. The minimum absolute atomic E-state index is 0.330.